The van der Waals surface area contributed by atoms with Crippen LogP contribution in [0.5, 0.6) is 0 Å². The minimum atomic E-state index is -3.81. The Morgan fingerprint density at radius 3 is 2.63 bits per heavy atom. The number of nitrogens with zero attached hydrogens (tertiary/aromatic N) is 4. The first-order valence-corrected chi connectivity index (χ1v) is 9.63. The number of fused-ring (bicyclic) bond motifs is 1. The van der Waals surface area contributed by atoms with E-state index in [-0.39, 0.29) is 4.90 Å². The maximum absolute atomic E-state index is 11.7. The summed E-state index contributed by atoms with van der Waals surface area (Å²) >= 11 is 0. The molecular formula is C18H16N6O2S. The molecular weight excluding hydrogens is 364 g/mol. The van der Waals surface area contributed by atoms with Gasteiger partial charge >= 0.3 is 0 Å². The summed E-state index contributed by atoms with van der Waals surface area (Å²) in [6.45, 7) is 1.68. The van der Waals surface area contributed by atoms with Crippen molar-refractivity contribution in [1.82, 2.24) is 19.7 Å². The van der Waals surface area contributed by atoms with Crippen LogP contribution in [0, 0.1) is 6.92 Å². The summed E-state index contributed by atoms with van der Waals surface area (Å²) in [4.78, 5) is 8.72. The highest BCUT2D eigenvalue weighted by Gasteiger charge is 2.13. The molecule has 2 aromatic carbocycles. The first-order valence-electron chi connectivity index (χ1n) is 8.08. The van der Waals surface area contributed by atoms with Crippen molar-refractivity contribution in [2.45, 2.75) is 11.8 Å². The molecule has 0 aliphatic carbocycles. The summed E-state index contributed by atoms with van der Waals surface area (Å²) in [5, 5.41) is 13.5. The van der Waals surface area contributed by atoms with Gasteiger partial charge in [0, 0.05) is 18.1 Å². The standard InChI is InChI=1S/C18H16N6O2S/c1-12-7-8-14(9-16(12)27(19,25)26)21-18-20-10-13-11-24(23-17(13)22-18)15-5-3-2-4-6-15/h2-11H,1H3,(H2,19,25,26)(H,21,22,23). The molecule has 0 spiro atoms. The van der Waals surface area contributed by atoms with Crippen LogP contribution in [0.25, 0.3) is 16.7 Å². The number of para-hydroxylation sites is 1. The summed E-state index contributed by atoms with van der Waals surface area (Å²) < 4.78 is 25.1. The zero-order valence-corrected chi connectivity index (χ0v) is 15.2. The lowest BCUT2D eigenvalue weighted by Gasteiger charge is -2.08. The zero-order valence-electron chi connectivity index (χ0n) is 14.4. The molecule has 0 bridgehead atoms. The van der Waals surface area contributed by atoms with Crippen molar-refractivity contribution in [2.24, 2.45) is 5.14 Å². The third kappa shape index (κ3) is 3.50. The van der Waals surface area contributed by atoms with Crippen LogP contribution < -0.4 is 10.5 Å². The Balaban J connectivity index is 1.67. The molecule has 0 saturated heterocycles. The fraction of sp³-hybridized carbons (Fsp3) is 0.0556. The van der Waals surface area contributed by atoms with Gasteiger partial charge in [-0.05, 0) is 36.8 Å². The Morgan fingerprint density at radius 2 is 1.89 bits per heavy atom. The number of hydrogen-bond acceptors (Lipinski definition) is 6. The number of aryl methyl sites for hydroxylation is 1. The molecule has 0 aliphatic heterocycles. The number of nitrogens with two attached hydrogens (primary N) is 1. The molecule has 0 unspecified atom stereocenters. The lowest BCUT2D eigenvalue weighted by atomic mass is 10.2. The second-order valence-electron chi connectivity index (χ2n) is 6.03. The Bertz CT molecular complexity index is 1240. The molecule has 4 rings (SSSR count). The van der Waals surface area contributed by atoms with E-state index < -0.39 is 10.0 Å². The smallest absolute Gasteiger partial charge is 0.238 e. The van der Waals surface area contributed by atoms with Crippen molar-refractivity contribution < 1.29 is 8.42 Å². The molecule has 2 aromatic heterocycles. The highest BCUT2D eigenvalue weighted by atomic mass is 32.2. The fourth-order valence-corrected chi connectivity index (χ4v) is 3.51. The summed E-state index contributed by atoms with van der Waals surface area (Å²) in [6.07, 6.45) is 3.51. The third-order valence-corrected chi connectivity index (χ3v) is 5.08. The van der Waals surface area contributed by atoms with Gasteiger partial charge in [0.15, 0.2) is 5.65 Å². The average Bonchev–Trinajstić information content (AvgIpc) is 3.06. The average molecular weight is 380 g/mol. The number of rotatable bonds is 4. The SMILES string of the molecule is Cc1ccc(Nc2ncc3cn(-c4ccccc4)nc3n2)cc1S(N)(=O)=O. The molecule has 0 atom stereocenters. The van der Waals surface area contributed by atoms with Gasteiger partial charge in [0.1, 0.15) is 0 Å². The Labute approximate surface area is 155 Å². The van der Waals surface area contributed by atoms with Gasteiger partial charge in [-0.25, -0.2) is 23.2 Å². The lowest BCUT2D eigenvalue weighted by molar-refractivity contribution is 0.597. The highest BCUT2D eigenvalue weighted by Crippen LogP contribution is 2.22. The van der Waals surface area contributed by atoms with Gasteiger partial charge in [0.05, 0.1) is 16.0 Å². The van der Waals surface area contributed by atoms with E-state index in [0.717, 1.165) is 11.1 Å². The van der Waals surface area contributed by atoms with Crippen LogP contribution in [0.1, 0.15) is 5.56 Å². The number of benzene rings is 2. The molecule has 136 valence electrons. The number of primary sulfonamides is 1. The number of anilines is 2. The molecule has 4 aromatic rings. The monoisotopic (exact) mass is 380 g/mol. The van der Waals surface area contributed by atoms with E-state index in [9.17, 15) is 8.42 Å². The Hall–Kier alpha value is -3.30. The largest absolute Gasteiger partial charge is 0.324 e. The van der Waals surface area contributed by atoms with Crippen LogP contribution in [0.3, 0.4) is 0 Å². The molecule has 3 N–H and O–H groups in total. The summed E-state index contributed by atoms with van der Waals surface area (Å²) in [5.74, 6) is 0.310. The van der Waals surface area contributed by atoms with Gasteiger partial charge in [0.2, 0.25) is 16.0 Å². The van der Waals surface area contributed by atoms with Crippen molar-refractivity contribution >= 4 is 32.7 Å². The summed E-state index contributed by atoms with van der Waals surface area (Å²) in [6, 6.07) is 14.6. The van der Waals surface area contributed by atoms with Crippen LogP contribution in [0.15, 0.2) is 65.8 Å². The lowest BCUT2D eigenvalue weighted by Crippen LogP contribution is -2.14. The number of nitrogens with one attached hydrogen (secondary N) is 1. The predicted octanol–water partition coefficient (Wildman–Crippen LogP) is 2.51. The maximum Gasteiger partial charge on any atom is 0.238 e. The summed E-state index contributed by atoms with van der Waals surface area (Å²) in [5.41, 5.74) is 2.53. The van der Waals surface area contributed by atoms with Crippen molar-refractivity contribution in [3.63, 3.8) is 0 Å². The van der Waals surface area contributed by atoms with E-state index in [1.807, 2.05) is 36.5 Å². The van der Waals surface area contributed by atoms with Gasteiger partial charge in [-0.15, -0.1) is 5.10 Å². The third-order valence-electron chi connectivity index (χ3n) is 4.03. The van der Waals surface area contributed by atoms with Gasteiger partial charge in [-0.1, -0.05) is 24.3 Å². The van der Waals surface area contributed by atoms with Crippen LogP contribution in [-0.2, 0) is 10.0 Å². The van der Waals surface area contributed by atoms with Crippen LogP contribution in [-0.4, -0.2) is 28.2 Å². The molecule has 0 saturated carbocycles. The van der Waals surface area contributed by atoms with Crippen LogP contribution in [0.4, 0.5) is 11.6 Å². The fourth-order valence-electron chi connectivity index (χ4n) is 2.70. The number of hydrogen-bond donors (Lipinski definition) is 2. The predicted molar refractivity (Wildman–Crippen MR) is 102 cm³/mol. The molecule has 27 heavy (non-hydrogen) atoms. The molecule has 0 fully saturated rings. The number of sulfonamides is 1. The normalized spacial score (nSPS) is 11.6. The van der Waals surface area contributed by atoms with E-state index in [2.05, 4.69) is 20.4 Å². The van der Waals surface area contributed by atoms with Crippen molar-refractivity contribution in [1.29, 1.82) is 0 Å². The topological polar surface area (TPSA) is 116 Å². The molecule has 0 aliphatic rings. The van der Waals surface area contributed by atoms with E-state index in [1.165, 1.54) is 6.07 Å². The van der Waals surface area contributed by atoms with Gasteiger partial charge in [0.25, 0.3) is 0 Å². The molecule has 9 heteroatoms. The molecule has 8 nitrogen and oxygen atoms in total. The van der Waals surface area contributed by atoms with Crippen LogP contribution in [0.2, 0.25) is 0 Å². The zero-order chi connectivity index (χ0) is 19.0. The molecule has 2 heterocycles. The van der Waals surface area contributed by atoms with Gasteiger partial charge < -0.3 is 5.32 Å². The van der Waals surface area contributed by atoms with Crippen molar-refractivity contribution in [3.05, 3.63) is 66.5 Å². The van der Waals surface area contributed by atoms with Crippen molar-refractivity contribution in [3.8, 4) is 5.69 Å². The van der Waals surface area contributed by atoms with Crippen LogP contribution >= 0.6 is 0 Å². The first-order chi connectivity index (χ1) is 12.9. The maximum atomic E-state index is 11.7. The minimum Gasteiger partial charge on any atom is -0.324 e. The van der Waals surface area contributed by atoms with E-state index in [1.54, 1.807) is 29.9 Å². The second kappa shape index (κ2) is 6.45. The van der Waals surface area contributed by atoms with E-state index in [0.29, 0.717) is 22.8 Å². The minimum absolute atomic E-state index is 0.0573. The van der Waals surface area contributed by atoms with E-state index in [4.69, 9.17) is 5.14 Å². The van der Waals surface area contributed by atoms with Crippen molar-refractivity contribution in [2.75, 3.05) is 5.32 Å². The van der Waals surface area contributed by atoms with Gasteiger partial charge in [-0.2, -0.15) is 4.98 Å². The van der Waals surface area contributed by atoms with E-state index >= 15 is 0 Å². The molecule has 0 amide bonds. The number of aromatic nitrogens is 4. The summed E-state index contributed by atoms with van der Waals surface area (Å²) in [7, 11) is -3.81. The first kappa shape index (κ1) is 17.1. The highest BCUT2D eigenvalue weighted by molar-refractivity contribution is 7.89. The van der Waals surface area contributed by atoms with Gasteiger partial charge in [-0.3, -0.25) is 0 Å². The Kier molecular flexibility index (Phi) is 4.09. The quantitative estimate of drug-likeness (QED) is 0.562. The Morgan fingerprint density at radius 1 is 1.11 bits per heavy atom. The molecule has 0 radical (unpaired) electrons. The second-order valence-corrected chi connectivity index (χ2v) is 7.56.